The van der Waals surface area contributed by atoms with Gasteiger partial charge in [-0.15, -0.1) is 25.6 Å². The number of nitrogens with one attached hydrogen (secondary N) is 3. The molecule has 0 saturated carbocycles. The van der Waals surface area contributed by atoms with Gasteiger partial charge in [-0.3, -0.25) is 38.4 Å². The minimum atomic E-state index is -1.89. The first-order valence-corrected chi connectivity index (χ1v) is 24.5. The van der Waals surface area contributed by atoms with Crippen LogP contribution < -0.4 is 16.2 Å². The van der Waals surface area contributed by atoms with Crippen LogP contribution in [0.1, 0.15) is 214 Å². The summed E-state index contributed by atoms with van der Waals surface area (Å²) in [6.45, 7) is 29.1. The van der Waals surface area contributed by atoms with E-state index in [9.17, 15) is 24.0 Å². The normalized spacial score (nSPS) is 14.2. The molecule has 0 aliphatic rings. The van der Waals surface area contributed by atoms with E-state index in [1.165, 1.54) is 6.92 Å². The molecule has 3 N–H and O–H groups in total. The van der Waals surface area contributed by atoms with E-state index in [4.69, 9.17) is 0 Å². The van der Waals surface area contributed by atoms with E-state index in [-0.39, 0.29) is 62.2 Å². The third-order valence-electron chi connectivity index (χ3n) is 12.4. The van der Waals surface area contributed by atoms with Crippen molar-refractivity contribution in [3.05, 3.63) is 0 Å². The second-order valence-corrected chi connectivity index (χ2v) is 19.0. The largest absolute Gasteiger partial charge is 0.342 e. The number of carbonyl (C=O) groups excluding carboxylic acids is 8. The molecule has 0 aliphatic heterocycles. The number of amides is 8. The van der Waals surface area contributed by atoms with Gasteiger partial charge in [-0.05, 0) is 68.6 Å². The van der Waals surface area contributed by atoms with Gasteiger partial charge in [0, 0.05) is 43.9 Å². The Morgan fingerprint density at radius 2 is 1.05 bits per heavy atom. The van der Waals surface area contributed by atoms with E-state index in [1.54, 1.807) is 20.8 Å². The standard InChI is InChI=1S/C48H90N8O8/c1-17-24-25-27-40(57)50-53(46(63)38(15)26-18-2)54(44(61)32-37(14)21-5)55(42(59)29-28-33(8)9)56(47(64)48(16,34(10)11)49-41(58)30-35(12)19-3)52(43(60)31-36(13)20-4)51-45(62)39(22-6)23-7/h33-39H,17-32H2,1-16H3,(H,49,58)(H,50,57)(H,51,62). The Morgan fingerprint density at radius 3 is 1.52 bits per heavy atom. The third-order valence-corrected chi connectivity index (χ3v) is 12.4. The fourth-order valence-corrected chi connectivity index (χ4v) is 6.62. The van der Waals surface area contributed by atoms with Gasteiger partial charge in [0.15, 0.2) is 0 Å². The van der Waals surface area contributed by atoms with Gasteiger partial charge < -0.3 is 5.32 Å². The SMILES string of the molecule is CCCCCC(=O)NN(C(=O)C(C)CCC)N(C(=O)CC(C)CC)N(C(=O)CCC(C)C)N(C(=O)C(C)(NC(=O)CC(C)CC)C(C)C)N(NC(=O)C(CC)CC)C(=O)CC(C)CC. The zero-order valence-corrected chi connectivity index (χ0v) is 42.9. The van der Waals surface area contributed by atoms with Crippen LogP contribution in [0.2, 0.25) is 0 Å². The van der Waals surface area contributed by atoms with Crippen LogP contribution in [0.25, 0.3) is 0 Å². The summed E-state index contributed by atoms with van der Waals surface area (Å²) in [5.74, 6) is -8.87. The van der Waals surface area contributed by atoms with Crippen LogP contribution in [0.3, 0.4) is 0 Å². The minimum Gasteiger partial charge on any atom is -0.342 e. The molecule has 5 unspecified atom stereocenters. The smallest absolute Gasteiger partial charge is 0.289 e. The molecule has 0 rings (SSSR count). The number of unbranched alkanes of at least 4 members (excludes halogenated alkanes) is 2. The fourth-order valence-electron chi connectivity index (χ4n) is 6.62. The number of carbonyl (C=O) groups is 8. The second kappa shape index (κ2) is 30.1. The van der Waals surface area contributed by atoms with Crippen LogP contribution in [0.4, 0.5) is 0 Å². The maximum Gasteiger partial charge on any atom is 0.289 e. The summed E-state index contributed by atoms with van der Waals surface area (Å²) in [5.41, 5.74) is 3.44. The van der Waals surface area contributed by atoms with Crippen molar-refractivity contribution in [1.82, 2.24) is 41.8 Å². The highest BCUT2D eigenvalue weighted by Gasteiger charge is 2.52. The average molecular weight is 907 g/mol. The predicted octanol–water partition coefficient (Wildman–Crippen LogP) is 8.58. The quantitative estimate of drug-likeness (QED) is 0.0600. The summed E-state index contributed by atoms with van der Waals surface area (Å²) in [7, 11) is 0. The monoisotopic (exact) mass is 907 g/mol. The van der Waals surface area contributed by atoms with Crippen molar-refractivity contribution in [2.24, 2.45) is 41.4 Å². The van der Waals surface area contributed by atoms with Crippen molar-refractivity contribution in [2.75, 3.05) is 0 Å². The van der Waals surface area contributed by atoms with Crippen LogP contribution >= 0.6 is 0 Å². The first kappa shape index (κ1) is 59.8. The minimum absolute atomic E-state index is 0.0181. The van der Waals surface area contributed by atoms with Gasteiger partial charge in [-0.1, -0.05) is 142 Å². The number of hydrazine groups is 6. The molecule has 8 amide bonds. The number of nitrogens with zero attached hydrogens (tertiary/aromatic N) is 5. The molecule has 0 aliphatic carbocycles. The zero-order chi connectivity index (χ0) is 49.5. The van der Waals surface area contributed by atoms with Crippen molar-refractivity contribution in [1.29, 1.82) is 0 Å². The summed E-state index contributed by atoms with van der Waals surface area (Å²) >= 11 is 0. The summed E-state index contributed by atoms with van der Waals surface area (Å²) in [6.07, 6.45) is 4.94. The van der Waals surface area contributed by atoms with Crippen molar-refractivity contribution in [2.45, 2.75) is 219 Å². The van der Waals surface area contributed by atoms with E-state index in [0.29, 0.717) is 78.3 Å². The van der Waals surface area contributed by atoms with Crippen molar-refractivity contribution >= 4 is 47.3 Å². The van der Waals surface area contributed by atoms with E-state index >= 15 is 14.4 Å². The Morgan fingerprint density at radius 1 is 0.516 bits per heavy atom. The third kappa shape index (κ3) is 18.7. The van der Waals surface area contributed by atoms with Crippen molar-refractivity contribution in [3.8, 4) is 0 Å². The Kier molecular flexibility index (Phi) is 28.1. The van der Waals surface area contributed by atoms with Gasteiger partial charge in [-0.25, -0.2) is 10.9 Å². The highest BCUT2D eigenvalue weighted by atomic mass is 16.3. The molecule has 0 fully saturated rings. The number of hydrogen-bond acceptors (Lipinski definition) is 8. The first-order chi connectivity index (χ1) is 29.9. The summed E-state index contributed by atoms with van der Waals surface area (Å²) < 4.78 is 0. The Balaban J connectivity index is 9.21. The lowest BCUT2D eigenvalue weighted by atomic mass is 9.86. The van der Waals surface area contributed by atoms with Crippen LogP contribution in [0.5, 0.6) is 0 Å². The van der Waals surface area contributed by atoms with E-state index in [2.05, 4.69) is 16.2 Å². The maximum atomic E-state index is 16.0. The highest BCUT2D eigenvalue weighted by Crippen LogP contribution is 2.28. The van der Waals surface area contributed by atoms with Gasteiger partial charge in [-0.2, -0.15) is 0 Å². The van der Waals surface area contributed by atoms with Gasteiger partial charge in [0.2, 0.25) is 17.7 Å². The van der Waals surface area contributed by atoms with Crippen LogP contribution in [0.15, 0.2) is 0 Å². The Bertz CT molecular complexity index is 1500. The summed E-state index contributed by atoms with van der Waals surface area (Å²) in [4.78, 5) is 119. The summed E-state index contributed by atoms with van der Waals surface area (Å²) in [5, 5.41) is 6.30. The van der Waals surface area contributed by atoms with Crippen LogP contribution in [-0.4, -0.2) is 78.4 Å². The second-order valence-electron chi connectivity index (χ2n) is 19.0. The molecule has 16 heteroatoms. The molecular weight excluding hydrogens is 817 g/mol. The average Bonchev–Trinajstić information content (AvgIpc) is 3.23. The summed E-state index contributed by atoms with van der Waals surface area (Å²) in [6, 6.07) is 0. The molecular formula is C48H90N8O8. The Labute approximate surface area is 386 Å². The topological polar surface area (TPSA) is 189 Å². The Hall–Kier alpha value is -4.24. The lowest BCUT2D eigenvalue weighted by molar-refractivity contribution is -0.302. The molecule has 0 aromatic heterocycles. The van der Waals surface area contributed by atoms with Crippen LogP contribution in [-0.2, 0) is 38.4 Å². The molecule has 16 nitrogen and oxygen atoms in total. The lowest BCUT2D eigenvalue weighted by Crippen LogP contribution is -2.77. The molecule has 0 aromatic rings. The molecule has 0 spiro atoms. The molecule has 0 heterocycles. The van der Waals surface area contributed by atoms with Gasteiger partial charge in [0.1, 0.15) is 5.54 Å². The molecule has 0 radical (unpaired) electrons. The molecule has 0 aromatic carbocycles. The fraction of sp³-hybridized carbons (Fsp3) is 0.833. The van der Waals surface area contributed by atoms with Crippen molar-refractivity contribution < 1.29 is 38.4 Å². The molecule has 0 bridgehead atoms. The first-order valence-electron chi connectivity index (χ1n) is 24.5. The van der Waals surface area contributed by atoms with Crippen molar-refractivity contribution in [3.63, 3.8) is 0 Å². The number of hydrogen-bond donors (Lipinski definition) is 3. The predicted molar refractivity (Wildman–Crippen MR) is 250 cm³/mol. The van der Waals surface area contributed by atoms with E-state index in [0.717, 1.165) is 11.5 Å². The van der Waals surface area contributed by atoms with Gasteiger partial charge in [0.05, 0.1) is 0 Å². The van der Waals surface area contributed by atoms with E-state index in [1.807, 2.05) is 83.1 Å². The molecule has 5 atom stereocenters. The zero-order valence-electron chi connectivity index (χ0n) is 42.9. The highest BCUT2D eigenvalue weighted by molar-refractivity contribution is 5.96. The van der Waals surface area contributed by atoms with Crippen LogP contribution in [0, 0.1) is 41.4 Å². The molecule has 0 saturated heterocycles. The van der Waals surface area contributed by atoms with Gasteiger partial charge in [0.25, 0.3) is 29.5 Å². The van der Waals surface area contributed by atoms with E-state index < -0.39 is 70.6 Å². The number of rotatable bonds is 25. The molecule has 370 valence electrons. The maximum absolute atomic E-state index is 16.0. The lowest BCUT2D eigenvalue weighted by Gasteiger charge is -2.50. The molecule has 64 heavy (non-hydrogen) atoms. The van der Waals surface area contributed by atoms with Gasteiger partial charge >= 0.3 is 0 Å².